The number of hydrogen-bond donors (Lipinski definition) is 2. The lowest BCUT2D eigenvalue weighted by Crippen LogP contribution is -2.11. The number of hydrogen-bond acceptors (Lipinski definition) is 5. The van der Waals surface area contributed by atoms with E-state index in [9.17, 15) is 8.42 Å². The molecule has 17 heavy (non-hydrogen) atoms. The summed E-state index contributed by atoms with van der Waals surface area (Å²) in [5.74, 6) is 2.40. The van der Waals surface area contributed by atoms with Gasteiger partial charge in [-0.3, -0.25) is 0 Å². The van der Waals surface area contributed by atoms with E-state index in [4.69, 9.17) is 15.6 Å². The third kappa shape index (κ3) is 5.40. The molecule has 0 spiro atoms. The Balaban J connectivity index is 2.41. The van der Waals surface area contributed by atoms with Gasteiger partial charge in [-0.25, -0.2) is 13.6 Å². The highest BCUT2D eigenvalue weighted by Gasteiger charge is 2.06. The predicted octanol–water partition coefficient (Wildman–Crippen LogP) is 0.405. The van der Waals surface area contributed by atoms with Crippen LogP contribution in [-0.4, -0.2) is 33.1 Å². The van der Waals surface area contributed by atoms with Gasteiger partial charge in [0.05, 0.1) is 11.5 Å². The summed E-state index contributed by atoms with van der Waals surface area (Å²) >= 11 is 1.71. The molecule has 0 radical (unpaired) electrons. The fraction of sp³-hybridized carbons (Fsp3) is 0.400. The standard InChI is InChI=1S/C10H16N2O3S2/c11-5-7-16-8-6-15-9-1-3-10(4-2-9)17(12,13)14/h1-4H,5-8,11H2,(H2,12,13,14). The highest BCUT2D eigenvalue weighted by atomic mass is 32.2. The van der Waals surface area contributed by atoms with Crippen molar-refractivity contribution in [2.24, 2.45) is 10.9 Å². The Bertz CT molecular complexity index is 431. The SMILES string of the molecule is NCCSCCOc1ccc(S(N)(=O)=O)cc1. The van der Waals surface area contributed by atoms with Crippen LogP contribution in [0.5, 0.6) is 5.75 Å². The minimum absolute atomic E-state index is 0.0855. The summed E-state index contributed by atoms with van der Waals surface area (Å²) < 4.78 is 27.4. The Morgan fingerprint density at radius 1 is 1.18 bits per heavy atom. The lowest BCUT2D eigenvalue weighted by Gasteiger charge is -2.06. The molecule has 0 bridgehead atoms. The smallest absolute Gasteiger partial charge is 0.238 e. The maximum atomic E-state index is 11.0. The summed E-state index contributed by atoms with van der Waals surface area (Å²) in [6.07, 6.45) is 0. The van der Waals surface area contributed by atoms with Crippen molar-refractivity contribution in [2.45, 2.75) is 4.90 Å². The second-order valence-corrected chi connectivity index (χ2v) is 6.05. The van der Waals surface area contributed by atoms with Crippen molar-refractivity contribution in [3.63, 3.8) is 0 Å². The van der Waals surface area contributed by atoms with Crippen LogP contribution in [0.4, 0.5) is 0 Å². The number of thioether (sulfide) groups is 1. The van der Waals surface area contributed by atoms with Crippen LogP contribution in [0.2, 0.25) is 0 Å². The molecule has 0 atom stereocenters. The first-order chi connectivity index (χ1) is 8.04. The molecule has 0 saturated carbocycles. The zero-order chi connectivity index (χ0) is 12.7. The average molecular weight is 276 g/mol. The first-order valence-corrected chi connectivity index (χ1v) is 7.77. The molecule has 96 valence electrons. The van der Waals surface area contributed by atoms with Crippen LogP contribution < -0.4 is 15.6 Å². The molecular weight excluding hydrogens is 260 g/mol. The molecule has 0 aromatic heterocycles. The molecule has 0 heterocycles. The molecule has 0 saturated heterocycles. The quantitative estimate of drug-likeness (QED) is 0.703. The maximum absolute atomic E-state index is 11.0. The van der Waals surface area contributed by atoms with Crippen LogP contribution in [0.25, 0.3) is 0 Å². The van der Waals surface area contributed by atoms with Gasteiger partial charge in [0.25, 0.3) is 0 Å². The summed E-state index contributed by atoms with van der Waals surface area (Å²) in [4.78, 5) is 0.0855. The zero-order valence-electron chi connectivity index (χ0n) is 9.33. The van der Waals surface area contributed by atoms with E-state index in [1.807, 2.05) is 0 Å². The second kappa shape index (κ2) is 6.85. The fourth-order valence-electron chi connectivity index (χ4n) is 1.13. The highest BCUT2D eigenvalue weighted by Crippen LogP contribution is 2.15. The van der Waals surface area contributed by atoms with E-state index in [0.29, 0.717) is 18.9 Å². The number of sulfonamides is 1. The number of benzene rings is 1. The van der Waals surface area contributed by atoms with Gasteiger partial charge in [-0.15, -0.1) is 0 Å². The molecule has 0 amide bonds. The molecule has 7 heteroatoms. The van der Waals surface area contributed by atoms with Crippen molar-refractivity contribution < 1.29 is 13.2 Å². The average Bonchev–Trinajstić information content (AvgIpc) is 2.28. The van der Waals surface area contributed by atoms with Gasteiger partial charge in [-0.05, 0) is 24.3 Å². The molecule has 5 nitrogen and oxygen atoms in total. The molecule has 1 rings (SSSR count). The molecule has 1 aromatic rings. The number of ether oxygens (including phenoxy) is 1. The van der Waals surface area contributed by atoms with Crippen molar-refractivity contribution in [3.05, 3.63) is 24.3 Å². The van der Waals surface area contributed by atoms with Crippen molar-refractivity contribution in [1.82, 2.24) is 0 Å². The van der Waals surface area contributed by atoms with Gasteiger partial charge >= 0.3 is 0 Å². The van der Waals surface area contributed by atoms with Crippen LogP contribution in [0.15, 0.2) is 29.2 Å². The largest absolute Gasteiger partial charge is 0.493 e. The van der Waals surface area contributed by atoms with Crippen LogP contribution in [0.3, 0.4) is 0 Å². The minimum Gasteiger partial charge on any atom is -0.493 e. The van der Waals surface area contributed by atoms with E-state index in [1.54, 1.807) is 23.9 Å². The van der Waals surface area contributed by atoms with Crippen molar-refractivity contribution >= 4 is 21.8 Å². The molecule has 0 fully saturated rings. The Kier molecular flexibility index (Phi) is 5.76. The summed E-state index contributed by atoms with van der Waals surface area (Å²) in [6, 6.07) is 6.04. The zero-order valence-corrected chi connectivity index (χ0v) is 11.0. The number of rotatable bonds is 7. The van der Waals surface area contributed by atoms with E-state index in [2.05, 4.69) is 0 Å². The van der Waals surface area contributed by atoms with Gasteiger partial charge in [-0.1, -0.05) is 0 Å². The molecule has 0 aliphatic heterocycles. The Morgan fingerprint density at radius 3 is 2.35 bits per heavy atom. The summed E-state index contributed by atoms with van der Waals surface area (Å²) in [5, 5.41) is 4.98. The summed E-state index contributed by atoms with van der Waals surface area (Å²) in [5.41, 5.74) is 5.35. The normalized spacial score (nSPS) is 11.4. The Hall–Kier alpha value is -0.760. The van der Waals surface area contributed by atoms with E-state index in [1.165, 1.54) is 12.1 Å². The Morgan fingerprint density at radius 2 is 1.82 bits per heavy atom. The van der Waals surface area contributed by atoms with E-state index < -0.39 is 10.0 Å². The van der Waals surface area contributed by atoms with Gasteiger partial charge < -0.3 is 10.5 Å². The van der Waals surface area contributed by atoms with Crippen LogP contribution >= 0.6 is 11.8 Å². The van der Waals surface area contributed by atoms with Crippen molar-refractivity contribution in [3.8, 4) is 5.75 Å². The van der Waals surface area contributed by atoms with E-state index >= 15 is 0 Å². The van der Waals surface area contributed by atoms with Crippen LogP contribution in [-0.2, 0) is 10.0 Å². The molecular formula is C10H16N2O3S2. The van der Waals surface area contributed by atoms with Crippen LogP contribution in [0.1, 0.15) is 0 Å². The Labute approximate surface area is 106 Å². The third-order valence-corrected chi connectivity index (χ3v) is 3.82. The van der Waals surface area contributed by atoms with Crippen molar-refractivity contribution in [2.75, 3.05) is 24.7 Å². The lowest BCUT2D eigenvalue weighted by molar-refractivity contribution is 0.343. The van der Waals surface area contributed by atoms with Gasteiger partial charge in [0.2, 0.25) is 10.0 Å². The molecule has 1 aromatic carbocycles. The predicted molar refractivity (Wildman–Crippen MR) is 69.7 cm³/mol. The van der Waals surface area contributed by atoms with E-state index in [-0.39, 0.29) is 4.90 Å². The molecule has 4 N–H and O–H groups in total. The van der Waals surface area contributed by atoms with E-state index in [0.717, 1.165) is 11.5 Å². The molecule has 0 unspecified atom stereocenters. The highest BCUT2D eigenvalue weighted by molar-refractivity contribution is 7.99. The maximum Gasteiger partial charge on any atom is 0.238 e. The minimum atomic E-state index is -3.63. The van der Waals surface area contributed by atoms with Crippen LogP contribution in [0, 0.1) is 0 Å². The van der Waals surface area contributed by atoms with Gasteiger partial charge in [0, 0.05) is 18.1 Å². The topological polar surface area (TPSA) is 95.4 Å². The summed E-state index contributed by atoms with van der Waals surface area (Å²) in [7, 11) is -3.63. The van der Waals surface area contributed by atoms with Gasteiger partial charge in [0.1, 0.15) is 5.75 Å². The number of primary sulfonamides is 1. The van der Waals surface area contributed by atoms with Gasteiger partial charge in [0.15, 0.2) is 0 Å². The number of nitrogens with two attached hydrogens (primary N) is 2. The molecule has 0 aliphatic rings. The lowest BCUT2D eigenvalue weighted by atomic mass is 10.3. The first kappa shape index (κ1) is 14.3. The van der Waals surface area contributed by atoms with Gasteiger partial charge in [-0.2, -0.15) is 11.8 Å². The monoisotopic (exact) mass is 276 g/mol. The third-order valence-electron chi connectivity index (χ3n) is 1.91. The first-order valence-electron chi connectivity index (χ1n) is 5.07. The van der Waals surface area contributed by atoms with Crippen molar-refractivity contribution in [1.29, 1.82) is 0 Å². The summed E-state index contributed by atoms with van der Waals surface area (Å²) in [6.45, 7) is 1.23. The fourth-order valence-corrected chi connectivity index (χ4v) is 2.22. The molecule has 0 aliphatic carbocycles. The second-order valence-electron chi connectivity index (χ2n) is 3.27.